The molecule has 98 valence electrons. The number of alkyl halides is 1. The molecule has 0 atom stereocenters. The van der Waals surface area contributed by atoms with Gasteiger partial charge in [-0.15, -0.1) is 0 Å². The largest absolute Gasteiger partial charge is 0.347 e. The average Bonchev–Trinajstić information content (AvgIpc) is 2.47. The third-order valence-electron chi connectivity index (χ3n) is 3.04. The van der Waals surface area contributed by atoms with Crippen LogP contribution in [0.3, 0.4) is 0 Å². The average molecular weight is 274 g/mol. The molecule has 2 rings (SSSR count). The van der Waals surface area contributed by atoms with E-state index in [2.05, 4.69) is 0 Å². The maximum Gasteiger partial charge on any atom is 0.252 e. The van der Waals surface area contributed by atoms with Crippen molar-refractivity contribution >= 4 is 17.5 Å². The molecule has 2 aromatic carbocycles. The van der Waals surface area contributed by atoms with E-state index < -0.39 is 4.87 Å². The Labute approximate surface area is 118 Å². The lowest BCUT2D eigenvalue weighted by Crippen LogP contribution is -2.40. The standard InChI is InChI=1S/C16H16ClNO/c1-18(2)15(19)16(17,13-9-5-3-6-10-13)14-11-7-4-8-12-14/h3-12H,1-2H3. The second kappa shape index (κ2) is 5.45. The lowest BCUT2D eigenvalue weighted by atomic mass is 9.89. The molecule has 0 aliphatic heterocycles. The predicted molar refractivity (Wildman–Crippen MR) is 78.2 cm³/mol. The molecule has 0 heterocycles. The minimum atomic E-state index is -1.17. The van der Waals surface area contributed by atoms with Crippen molar-refractivity contribution in [3.05, 3.63) is 71.8 Å². The summed E-state index contributed by atoms with van der Waals surface area (Å²) in [6.07, 6.45) is 0. The van der Waals surface area contributed by atoms with E-state index >= 15 is 0 Å². The molecule has 0 aliphatic rings. The predicted octanol–water partition coefficient (Wildman–Crippen LogP) is 3.26. The molecule has 0 unspecified atom stereocenters. The molecular weight excluding hydrogens is 258 g/mol. The van der Waals surface area contributed by atoms with Gasteiger partial charge in [0.2, 0.25) is 0 Å². The molecule has 3 heteroatoms. The number of carbonyl (C=O) groups excluding carboxylic acids is 1. The highest BCUT2D eigenvalue weighted by Crippen LogP contribution is 2.37. The number of hydrogen-bond acceptors (Lipinski definition) is 1. The van der Waals surface area contributed by atoms with E-state index in [1.165, 1.54) is 4.90 Å². The van der Waals surface area contributed by atoms with Crippen LogP contribution in [0.5, 0.6) is 0 Å². The van der Waals surface area contributed by atoms with Gasteiger partial charge in [-0.05, 0) is 11.1 Å². The summed E-state index contributed by atoms with van der Waals surface area (Å²) in [6.45, 7) is 0. The Morgan fingerprint density at radius 3 is 1.58 bits per heavy atom. The molecule has 0 aromatic heterocycles. The molecule has 0 aliphatic carbocycles. The lowest BCUT2D eigenvalue weighted by molar-refractivity contribution is -0.130. The fourth-order valence-corrected chi connectivity index (χ4v) is 2.48. The summed E-state index contributed by atoms with van der Waals surface area (Å²) in [6, 6.07) is 18.9. The summed E-state index contributed by atoms with van der Waals surface area (Å²) >= 11 is 6.74. The van der Waals surface area contributed by atoms with Gasteiger partial charge in [0.1, 0.15) is 0 Å². The molecule has 0 saturated heterocycles. The van der Waals surface area contributed by atoms with Gasteiger partial charge in [-0.25, -0.2) is 0 Å². The van der Waals surface area contributed by atoms with Crippen LogP contribution < -0.4 is 0 Å². The van der Waals surface area contributed by atoms with Crippen molar-refractivity contribution in [2.45, 2.75) is 4.87 Å². The minimum absolute atomic E-state index is 0.147. The van der Waals surface area contributed by atoms with E-state index in [0.717, 1.165) is 11.1 Å². The van der Waals surface area contributed by atoms with E-state index in [0.29, 0.717) is 0 Å². The summed E-state index contributed by atoms with van der Waals surface area (Å²) in [4.78, 5) is 12.9. The zero-order valence-electron chi connectivity index (χ0n) is 11.0. The van der Waals surface area contributed by atoms with Gasteiger partial charge in [-0.1, -0.05) is 72.3 Å². The van der Waals surface area contributed by atoms with Gasteiger partial charge in [-0.3, -0.25) is 4.79 Å². The topological polar surface area (TPSA) is 20.3 Å². The fourth-order valence-electron chi connectivity index (χ4n) is 2.06. The monoisotopic (exact) mass is 273 g/mol. The highest BCUT2D eigenvalue weighted by molar-refractivity contribution is 6.37. The molecule has 0 N–H and O–H groups in total. The van der Waals surface area contributed by atoms with Crippen molar-refractivity contribution < 1.29 is 4.79 Å². The zero-order valence-corrected chi connectivity index (χ0v) is 11.8. The first-order chi connectivity index (χ1) is 9.06. The van der Waals surface area contributed by atoms with E-state index in [1.807, 2.05) is 60.7 Å². The van der Waals surface area contributed by atoms with Gasteiger partial charge in [0, 0.05) is 14.1 Å². The van der Waals surface area contributed by atoms with E-state index in [9.17, 15) is 4.79 Å². The first-order valence-electron chi connectivity index (χ1n) is 6.08. The van der Waals surface area contributed by atoms with Crippen molar-refractivity contribution in [1.82, 2.24) is 4.90 Å². The maximum absolute atomic E-state index is 12.6. The molecule has 19 heavy (non-hydrogen) atoms. The van der Waals surface area contributed by atoms with Crippen molar-refractivity contribution in [1.29, 1.82) is 0 Å². The Morgan fingerprint density at radius 2 is 1.26 bits per heavy atom. The molecule has 0 saturated carbocycles. The number of benzene rings is 2. The van der Waals surface area contributed by atoms with Crippen LogP contribution in [0, 0.1) is 0 Å². The quantitative estimate of drug-likeness (QED) is 0.786. The van der Waals surface area contributed by atoms with Gasteiger partial charge in [-0.2, -0.15) is 0 Å². The SMILES string of the molecule is CN(C)C(=O)C(Cl)(c1ccccc1)c1ccccc1. The van der Waals surface area contributed by atoms with Crippen LogP contribution in [0.25, 0.3) is 0 Å². The summed E-state index contributed by atoms with van der Waals surface area (Å²) in [7, 11) is 3.43. The van der Waals surface area contributed by atoms with E-state index in [-0.39, 0.29) is 5.91 Å². The number of rotatable bonds is 3. The molecule has 2 aromatic rings. The Bertz CT molecular complexity index is 512. The van der Waals surface area contributed by atoms with Crippen LogP contribution in [0.2, 0.25) is 0 Å². The van der Waals surface area contributed by atoms with Gasteiger partial charge in [0.05, 0.1) is 0 Å². The molecule has 2 nitrogen and oxygen atoms in total. The summed E-state index contributed by atoms with van der Waals surface area (Å²) in [5.41, 5.74) is 1.56. The summed E-state index contributed by atoms with van der Waals surface area (Å²) in [5, 5.41) is 0. The Hall–Kier alpha value is -1.80. The zero-order chi connectivity index (χ0) is 13.9. The summed E-state index contributed by atoms with van der Waals surface area (Å²) < 4.78 is 0. The van der Waals surface area contributed by atoms with Gasteiger partial charge in [0.25, 0.3) is 5.91 Å². The van der Waals surface area contributed by atoms with Crippen LogP contribution in [-0.2, 0) is 9.67 Å². The van der Waals surface area contributed by atoms with Crippen molar-refractivity contribution in [2.75, 3.05) is 14.1 Å². The minimum Gasteiger partial charge on any atom is -0.347 e. The van der Waals surface area contributed by atoms with Crippen LogP contribution in [0.15, 0.2) is 60.7 Å². The molecule has 1 amide bonds. The molecule has 0 spiro atoms. The third-order valence-corrected chi connectivity index (χ3v) is 3.64. The molecular formula is C16H16ClNO. The second-order valence-corrected chi connectivity index (χ2v) is 5.16. The summed E-state index contributed by atoms with van der Waals surface area (Å²) in [5.74, 6) is -0.147. The van der Waals surface area contributed by atoms with Crippen LogP contribution in [0.4, 0.5) is 0 Å². The number of halogens is 1. The highest BCUT2D eigenvalue weighted by atomic mass is 35.5. The van der Waals surface area contributed by atoms with Gasteiger partial charge >= 0.3 is 0 Å². The normalized spacial score (nSPS) is 11.1. The van der Waals surface area contributed by atoms with Crippen molar-refractivity contribution in [3.8, 4) is 0 Å². The number of hydrogen-bond donors (Lipinski definition) is 0. The van der Waals surface area contributed by atoms with Gasteiger partial charge < -0.3 is 4.90 Å². The number of nitrogens with zero attached hydrogens (tertiary/aromatic N) is 1. The smallest absolute Gasteiger partial charge is 0.252 e. The Kier molecular flexibility index (Phi) is 3.91. The lowest BCUT2D eigenvalue weighted by Gasteiger charge is -2.29. The van der Waals surface area contributed by atoms with Crippen molar-refractivity contribution in [3.63, 3.8) is 0 Å². The Morgan fingerprint density at radius 1 is 0.895 bits per heavy atom. The molecule has 0 bridgehead atoms. The number of amides is 1. The molecule has 0 fully saturated rings. The highest BCUT2D eigenvalue weighted by Gasteiger charge is 2.40. The maximum atomic E-state index is 12.6. The first-order valence-corrected chi connectivity index (χ1v) is 6.46. The van der Waals surface area contributed by atoms with E-state index in [1.54, 1.807) is 14.1 Å². The van der Waals surface area contributed by atoms with Crippen LogP contribution in [-0.4, -0.2) is 24.9 Å². The first kappa shape index (κ1) is 13.6. The van der Waals surface area contributed by atoms with Gasteiger partial charge in [0.15, 0.2) is 4.87 Å². The van der Waals surface area contributed by atoms with E-state index in [4.69, 9.17) is 11.6 Å². The third kappa shape index (κ3) is 2.49. The second-order valence-electron chi connectivity index (χ2n) is 4.59. The fraction of sp³-hybridized carbons (Fsp3) is 0.188. The van der Waals surface area contributed by atoms with Crippen LogP contribution >= 0.6 is 11.6 Å². The number of carbonyl (C=O) groups is 1. The molecule has 0 radical (unpaired) electrons. The Balaban J connectivity index is 2.61. The van der Waals surface area contributed by atoms with Crippen molar-refractivity contribution in [2.24, 2.45) is 0 Å². The van der Waals surface area contributed by atoms with Crippen LogP contribution in [0.1, 0.15) is 11.1 Å². The number of likely N-dealkylation sites (N-methyl/N-ethyl adjacent to an activating group) is 1.